The summed E-state index contributed by atoms with van der Waals surface area (Å²) in [6, 6.07) is 8.54. The Morgan fingerprint density at radius 2 is 2.11 bits per heavy atom. The highest BCUT2D eigenvalue weighted by Crippen LogP contribution is 2.33. The number of hydrogen-bond donors (Lipinski definition) is 1. The molecule has 1 aliphatic rings. The van der Waals surface area contributed by atoms with E-state index in [2.05, 4.69) is 24.0 Å². The third-order valence-electron chi connectivity index (χ3n) is 3.84. The molecular formula is C15H21NO3. The second kappa shape index (κ2) is 6.06. The Morgan fingerprint density at radius 3 is 2.68 bits per heavy atom. The number of aryl methyl sites for hydroxylation is 1. The van der Waals surface area contributed by atoms with Crippen LogP contribution in [0.15, 0.2) is 24.3 Å². The van der Waals surface area contributed by atoms with E-state index >= 15 is 0 Å². The van der Waals surface area contributed by atoms with Crippen LogP contribution < -0.4 is 4.90 Å². The maximum atomic E-state index is 10.8. The monoisotopic (exact) mass is 263 g/mol. The Morgan fingerprint density at radius 1 is 1.42 bits per heavy atom. The molecule has 1 aliphatic carbocycles. The van der Waals surface area contributed by atoms with Gasteiger partial charge in [0.05, 0.1) is 12.5 Å². The van der Waals surface area contributed by atoms with Crippen molar-refractivity contribution >= 4 is 11.7 Å². The summed E-state index contributed by atoms with van der Waals surface area (Å²) in [6.45, 7) is 2.62. The minimum absolute atomic E-state index is 0.169. The molecule has 104 valence electrons. The van der Waals surface area contributed by atoms with Crippen LogP contribution in [0.1, 0.15) is 24.8 Å². The van der Waals surface area contributed by atoms with Gasteiger partial charge in [-0.25, -0.2) is 0 Å². The van der Waals surface area contributed by atoms with Crippen molar-refractivity contribution in [3.05, 3.63) is 29.8 Å². The Kier molecular flexibility index (Phi) is 4.43. The van der Waals surface area contributed by atoms with Gasteiger partial charge in [0, 0.05) is 25.4 Å². The van der Waals surface area contributed by atoms with E-state index in [-0.39, 0.29) is 6.42 Å². The number of carbonyl (C=O) groups is 1. The highest BCUT2D eigenvalue weighted by Gasteiger charge is 2.34. The number of carboxylic acid groups (broad SMARTS) is 1. The second-order valence-corrected chi connectivity index (χ2v) is 5.11. The summed E-state index contributed by atoms with van der Waals surface area (Å²) >= 11 is 0. The van der Waals surface area contributed by atoms with Crippen molar-refractivity contribution in [2.24, 2.45) is 0 Å². The van der Waals surface area contributed by atoms with Crippen molar-refractivity contribution < 1.29 is 14.6 Å². The highest BCUT2D eigenvalue weighted by atomic mass is 16.5. The molecule has 1 saturated carbocycles. The Labute approximate surface area is 114 Å². The van der Waals surface area contributed by atoms with E-state index < -0.39 is 5.97 Å². The molecule has 1 aromatic rings. The predicted octanol–water partition coefficient (Wildman–Crippen LogP) is 2.45. The molecule has 1 N–H and O–H groups in total. The van der Waals surface area contributed by atoms with Gasteiger partial charge in [-0.15, -0.1) is 0 Å². The molecular weight excluding hydrogens is 242 g/mol. The molecule has 0 unspecified atom stereocenters. The average Bonchev–Trinajstić information content (AvgIpc) is 2.33. The molecule has 0 spiro atoms. The first-order valence-electron chi connectivity index (χ1n) is 6.68. The third kappa shape index (κ3) is 3.26. The van der Waals surface area contributed by atoms with Gasteiger partial charge in [-0.1, -0.05) is 18.2 Å². The van der Waals surface area contributed by atoms with Crippen molar-refractivity contribution in [3.63, 3.8) is 0 Å². The molecule has 0 bridgehead atoms. The molecule has 4 nitrogen and oxygen atoms in total. The van der Waals surface area contributed by atoms with Crippen molar-refractivity contribution in [1.29, 1.82) is 0 Å². The number of aliphatic carboxylic acids is 1. The number of carboxylic acids is 1. The van der Waals surface area contributed by atoms with Gasteiger partial charge in [0.15, 0.2) is 0 Å². The lowest BCUT2D eigenvalue weighted by Crippen LogP contribution is -2.49. The van der Waals surface area contributed by atoms with Crippen LogP contribution in [0.4, 0.5) is 5.69 Å². The first kappa shape index (κ1) is 13.9. The smallest absolute Gasteiger partial charge is 0.305 e. The maximum absolute atomic E-state index is 10.8. The summed E-state index contributed by atoms with van der Waals surface area (Å²) in [5.74, 6) is -0.749. The Bertz CT molecular complexity index is 441. The van der Waals surface area contributed by atoms with Crippen LogP contribution in [0, 0.1) is 6.92 Å². The number of hydrogen-bond acceptors (Lipinski definition) is 3. The lowest BCUT2D eigenvalue weighted by molar-refractivity contribution is -0.136. The molecule has 0 aliphatic heterocycles. The summed E-state index contributed by atoms with van der Waals surface area (Å²) in [7, 11) is 1.73. The van der Waals surface area contributed by atoms with Crippen LogP contribution in [-0.4, -0.2) is 36.9 Å². The first-order valence-corrected chi connectivity index (χ1v) is 6.68. The van der Waals surface area contributed by atoms with Crippen LogP contribution in [0.25, 0.3) is 0 Å². The molecule has 0 radical (unpaired) electrons. The zero-order valence-corrected chi connectivity index (χ0v) is 11.5. The van der Waals surface area contributed by atoms with Gasteiger partial charge < -0.3 is 14.7 Å². The van der Waals surface area contributed by atoms with Crippen LogP contribution >= 0.6 is 0 Å². The van der Waals surface area contributed by atoms with Gasteiger partial charge in [0.25, 0.3) is 0 Å². The Hall–Kier alpha value is -1.55. The fourth-order valence-electron chi connectivity index (χ4n) is 2.59. The standard InChI is InChI=1S/C15H21NO3/c1-11-5-3-4-6-14(11)16(8-7-15(17)18)12-9-13(10-12)19-2/h3-6,12-13H,7-10H2,1-2H3,(H,17,18). The summed E-state index contributed by atoms with van der Waals surface area (Å²) in [6.07, 6.45) is 2.44. The third-order valence-corrected chi connectivity index (χ3v) is 3.84. The molecule has 0 aromatic heterocycles. The van der Waals surface area contributed by atoms with E-state index in [9.17, 15) is 4.79 Å². The molecule has 19 heavy (non-hydrogen) atoms. The van der Waals surface area contributed by atoms with E-state index in [4.69, 9.17) is 9.84 Å². The fourth-order valence-corrected chi connectivity index (χ4v) is 2.59. The van der Waals surface area contributed by atoms with E-state index in [0.29, 0.717) is 18.7 Å². The lowest BCUT2D eigenvalue weighted by Gasteiger charge is -2.44. The van der Waals surface area contributed by atoms with Gasteiger partial charge in [0.1, 0.15) is 0 Å². The zero-order chi connectivity index (χ0) is 13.8. The minimum atomic E-state index is -0.749. The van der Waals surface area contributed by atoms with Gasteiger partial charge in [-0.2, -0.15) is 0 Å². The molecule has 0 saturated heterocycles. The van der Waals surface area contributed by atoms with Crippen molar-refractivity contribution in [2.45, 2.75) is 38.3 Å². The maximum Gasteiger partial charge on any atom is 0.305 e. The van der Waals surface area contributed by atoms with Crippen molar-refractivity contribution in [3.8, 4) is 0 Å². The molecule has 0 amide bonds. The lowest BCUT2D eigenvalue weighted by atomic mass is 9.87. The summed E-state index contributed by atoms with van der Waals surface area (Å²) in [4.78, 5) is 13.0. The zero-order valence-electron chi connectivity index (χ0n) is 11.5. The van der Waals surface area contributed by atoms with Crippen LogP contribution in [0.2, 0.25) is 0 Å². The molecule has 4 heteroatoms. The number of nitrogens with zero attached hydrogens (tertiary/aromatic N) is 1. The number of para-hydroxylation sites is 1. The SMILES string of the molecule is COC1CC(N(CCC(=O)O)c2ccccc2C)C1. The first-order chi connectivity index (χ1) is 9.11. The quantitative estimate of drug-likeness (QED) is 0.856. The average molecular weight is 263 g/mol. The minimum Gasteiger partial charge on any atom is -0.481 e. The summed E-state index contributed by atoms with van der Waals surface area (Å²) in [5, 5.41) is 8.90. The molecule has 1 aromatic carbocycles. The normalized spacial score (nSPS) is 21.8. The number of ether oxygens (including phenoxy) is 1. The van der Waals surface area contributed by atoms with Gasteiger partial charge in [-0.05, 0) is 31.4 Å². The number of methoxy groups -OCH3 is 1. The van der Waals surface area contributed by atoms with Crippen LogP contribution in [-0.2, 0) is 9.53 Å². The second-order valence-electron chi connectivity index (χ2n) is 5.11. The summed E-state index contributed by atoms with van der Waals surface area (Å²) in [5.41, 5.74) is 2.33. The predicted molar refractivity (Wildman–Crippen MR) is 74.6 cm³/mol. The van der Waals surface area contributed by atoms with Gasteiger partial charge in [0.2, 0.25) is 0 Å². The topological polar surface area (TPSA) is 49.8 Å². The summed E-state index contributed by atoms with van der Waals surface area (Å²) < 4.78 is 5.32. The number of anilines is 1. The molecule has 2 rings (SSSR count). The number of benzene rings is 1. The van der Waals surface area contributed by atoms with E-state index in [0.717, 1.165) is 18.5 Å². The van der Waals surface area contributed by atoms with E-state index in [1.54, 1.807) is 7.11 Å². The van der Waals surface area contributed by atoms with Crippen LogP contribution in [0.5, 0.6) is 0 Å². The van der Waals surface area contributed by atoms with Gasteiger partial charge >= 0.3 is 5.97 Å². The van der Waals surface area contributed by atoms with Crippen molar-refractivity contribution in [1.82, 2.24) is 0 Å². The Balaban J connectivity index is 2.10. The van der Waals surface area contributed by atoms with E-state index in [1.807, 2.05) is 12.1 Å². The largest absolute Gasteiger partial charge is 0.481 e. The molecule has 1 fully saturated rings. The van der Waals surface area contributed by atoms with E-state index in [1.165, 1.54) is 5.56 Å². The highest BCUT2D eigenvalue weighted by molar-refractivity contribution is 5.68. The molecule has 0 heterocycles. The van der Waals surface area contributed by atoms with Crippen molar-refractivity contribution in [2.75, 3.05) is 18.6 Å². The number of rotatable bonds is 6. The van der Waals surface area contributed by atoms with Gasteiger partial charge in [-0.3, -0.25) is 4.79 Å². The van der Waals surface area contributed by atoms with Crippen LogP contribution in [0.3, 0.4) is 0 Å². The fraction of sp³-hybridized carbons (Fsp3) is 0.533. The molecule has 0 atom stereocenters.